The summed E-state index contributed by atoms with van der Waals surface area (Å²) in [5, 5.41) is 13.0. The normalized spacial score (nSPS) is 12.8. The summed E-state index contributed by atoms with van der Waals surface area (Å²) < 4.78 is 18.2. The van der Waals surface area contributed by atoms with Crippen molar-refractivity contribution in [2.45, 2.75) is 6.92 Å². The van der Waals surface area contributed by atoms with Gasteiger partial charge in [0.05, 0.1) is 19.3 Å². The fourth-order valence-electron chi connectivity index (χ4n) is 2.78. The average Bonchev–Trinajstić information content (AvgIpc) is 3.12. The molecule has 0 unspecified atom stereocenters. The van der Waals surface area contributed by atoms with Crippen molar-refractivity contribution in [3.8, 4) is 28.9 Å². The van der Waals surface area contributed by atoms with Crippen LogP contribution in [0.3, 0.4) is 0 Å². The molecule has 1 aliphatic heterocycles. The van der Waals surface area contributed by atoms with E-state index in [9.17, 15) is 0 Å². The molecule has 26 heavy (non-hydrogen) atoms. The van der Waals surface area contributed by atoms with E-state index < -0.39 is 0 Å². The molecule has 0 aliphatic carbocycles. The Morgan fingerprint density at radius 1 is 1.08 bits per heavy atom. The van der Waals surface area contributed by atoms with Crippen LogP contribution in [0.4, 0.5) is 0 Å². The third-order valence-electron chi connectivity index (χ3n) is 4.02. The van der Waals surface area contributed by atoms with Crippen LogP contribution in [0.5, 0.6) is 17.5 Å². The molecule has 0 saturated heterocycles. The highest BCUT2D eigenvalue weighted by atomic mass is 16.5. The third kappa shape index (κ3) is 2.88. The molecule has 0 saturated carbocycles. The van der Waals surface area contributed by atoms with Crippen molar-refractivity contribution in [1.82, 2.24) is 14.9 Å². The summed E-state index contributed by atoms with van der Waals surface area (Å²) in [6.07, 6.45) is 0. The Kier molecular flexibility index (Phi) is 4.27. The Bertz CT molecular complexity index is 948. The van der Waals surface area contributed by atoms with Crippen LogP contribution in [0.15, 0.2) is 53.6 Å². The topological polar surface area (TPSA) is 70.8 Å². The Labute approximate surface area is 150 Å². The number of para-hydroxylation sites is 1. The number of ether oxygens (including phenoxy) is 3. The van der Waals surface area contributed by atoms with Crippen LogP contribution in [-0.4, -0.2) is 40.9 Å². The van der Waals surface area contributed by atoms with E-state index in [2.05, 4.69) is 15.3 Å². The summed E-state index contributed by atoms with van der Waals surface area (Å²) in [6.45, 7) is 2.92. The molecule has 0 amide bonds. The number of benzene rings is 2. The zero-order valence-corrected chi connectivity index (χ0v) is 14.5. The minimum absolute atomic E-state index is 0.331. The van der Waals surface area contributed by atoms with Gasteiger partial charge in [-0.3, -0.25) is 0 Å². The zero-order valence-electron chi connectivity index (χ0n) is 14.5. The monoisotopic (exact) mass is 350 g/mol. The van der Waals surface area contributed by atoms with Crippen molar-refractivity contribution in [2.24, 2.45) is 5.10 Å². The third-order valence-corrected chi connectivity index (χ3v) is 4.02. The number of fused-ring (bicyclic) bond motifs is 1. The first-order valence-electron chi connectivity index (χ1n) is 8.33. The number of nitrogens with zero attached hydrogens (tertiary/aromatic N) is 4. The van der Waals surface area contributed by atoms with E-state index >= 15 is 0 Å². The lowest BCUT2D eigenvalue weighted by molar-refractivity contribution is 0.318. The number of hydrogen-bond donors (Lipinski definition) is 0. The van der Waals surface area contributed by atoms with Gasteiger partial charge in [-0.1, -0.05) is 17.2 Å². The van der Waals surface area contributed by atoms with Crippen LogP contribution in [0.2, 0.25) is 0 Å². The van der Waals surface area contributed by atoms with E-state index in [0.29, 0.717) is 30.8 Å². The highest BCUT2D eigenvalue weighted by Gasteiger charge is 2.23. The van der Waals surface area contributed by atoms with Crippen molar-refractivity contribution >= 4 is 5.71 Å². The first-order chi connectivity index (χ1) is 12.8. The van der Waals surface area contributed by atoms with Gasteiger partial charge in [0.2, 0.25) is 0 Å². The Morgan fingerprint density at radius 2 is 1.88 bits per heavy atom. The van der Waals surface area contributed by atoms with Gasteiger partial charge >= 0.3 is 6.01 Å². The minimum atomic E-state index is 0.331. The summed E-state index contributed by atoms with van der Waals surface area (Å²) in [5.41, 5.74) is 2.55. The van der Waals surface area contributed by atoms with Crippen LogP contribution in [0.1, 0.15) is 12.5 Å². The van der Waals surface area contributed by atoms with Crippen molar-refractivity contribution in [3.05, 3.63) is 54.1 Å². The molecule has 0 atom stereocenters. The van der Waals surface area contributed by atoms with E-state index in [1.807, 2.05) is 55.5 Å². The molecule has 1 aromatic heterocycles. The van der Waals surface area contributed by atoms with Crippen molar-refractivity contribution in [2.75, 3.05) is 20.3 Å². The van der Waals surface area contributed by atoms with Crippen LogP contribution in [0, 0.1) is 0 Å². The molecule has 1 aliphatic rings. The molecule has 2 aromatic carbocycles. The molecule has 4 rings (SSSR count). The molecule has 0 spiro atoms. The molecule has 0 radical (unpaired) electrons. The van der Waals surface area contributed by atoms with Crippen LogP contribution in [0.25, 0.3) is 11.4 Å². The first kappa shape index (κ1) is 16.1. The highest BCUT2D eigenvalue weighted by molar-refractivity contribution is 6.02. The molecular weight excluding hydrogens is 332 g/mol. The van der Waals surface area contributed by atoms with Crippen LogP contribution < -0.4 is 14.2 Å². The maximum absolute atomic E-state index is 5.73. The lowest BCUT2D eigenvalue weighted by atomic mass is 10.1. The number of rotatable bonds is 5. The highest BCUT2D eigenvalue weighted by Crippen LogP contribution is 2.31. The van der Waals surface area contributed by atoms with Crippen LogP contribution >= 0.6 is 0 Å². The van der Waals surface area contributed by atoms with Gasteiger partial charge in [0.1, 0.15) is 23.8 Å². The SMILES string of the molecule is CCOc1ccc(C2=Nn3c(nnc3-c3ccccc3OC)OC2)cc1. The lowest BCUT2D eigenvalue weighted by Gasteiger charge is -2.16. The smallest absolute Gasteiger partial charge is 0.339 e. The molecule has 0 N–H and O–H groups in total. The molecule has 0 fully saturated rings. The van der Waals surface area contributed by atoms with Gasteiger partial charge in [-0.2, -0.15) is 9.78 Å². The largest absolute Gasteiger partial charge is 0.496 e. The first-order valence-corrected chi connectivity index (χ1v) is 8.33. The van der Waals surface area contributed by atoms with Gasteiger partial charge in [-0.25, -0.2) is 0 Å². The predicted octanol–water partition coefficient (Wildman–Crippen LogP) is 3.00. The average molecular weight is 350 g/mol. The number of methoxy groups -OCH3 is 1. The van der Waals surface area contributed by atoms with Crippen molar-refractivity contribution < 1.29 is 14.2 Å². The van der Waals surface area contributed by atoms with Gasteiger partial charge < -0.3 is 14.2 Å². The minimum Gasteiger partial charge on any atom is -0.496 e. The van der Waals surface area contributed by atoms with Gasteiger partial charge in [0.15, 0.2) is 5.82 Å². The summed E-state index contributed by atoms with van der Waals surface area (Å²) >= 11 is 0. The summed E-state index contributed by atoms with van der Waals surface area (Å²) in [6, 6.07) is 15.7. The zero-order chi connectivity index (χ0) is 17.9. The maximum Gasteiger partial charge on any atom is 0.339 e. The van der Waals surface area contributed by atoms with Gasteiger partial charge in [0, 0.05) is 5.56 Å². The lowest BCUT2D eigenvalue weighted by Crippen LogP contribution is -2.21. The van der Waals surface area contributed by atoms with Gasteiger partial charge in [-0.05, 0) is 43.3 Å². The molecular formula is C19H18N4O3. The quantitative estimate of drug-likeness (QED) is 0.707. The Morgan fingerprint density at radius 3 is 2.65 bits per heavy atom. The Hall–Kier alpha value is -3.35. The molecule has 3 aromatic rings. The number of hydrogen-bond acceptors (Lipinski definition) is 6. The van der Waals surface area contributed by atoms with Crippen molar-refractivity contribution in [3.63, 3.8) is 0 Å². The molecule has 132 valence electrons. The van der Waals surface area contributed by atoms with E-state index in [-0.39, 0.29) is 0 Å². The van der Waals surface area contributed by atoms with E-state index in [1.165, 1.54) is 0 Å². The van der Waals surface area contributed by atoms with Gasteiger partial charge in [-0.15, -0.1) is 5.10 Å². The van der Waals surface area contributed by atoms with Gasteiger partial charge in [0.25, 0.3) is 0 Å². The van der Waals surface area contributed by atoms with Crippen molar-refractivity contribution in [1.29, 1.82) is 0 Å². The number of aromatic nitrogens is 3. The molecule has 0 bridgehead atoms. The van der Waals surface area contributed by atoms with E-state index in [4.69, 9.17) is 14.2 Å². The summed E-state index contributed by atoms with van der Waals surface area (Å²) in [7, 11) is 1.62. The standard InChI is InChI=1S/C19H18N4O3/c1-3-25-14-10-8-13(9-11-14)16-12-26-19-21-20-18(23(19)22-16)15-6-4-5-7-17(15)24-2/h4-11H,3,12H2,1-2H3. The fourth-order valence-corrected chi connectivity index (χ4v) is 2.78. The molecule has 2 heterocycles. The second-order valence-corrected chi connectivity index (χ2v) is 5.61. The Balaban J connectivity index is 1.73. The fraction of sp³-hybridized carbons (Fsp3) is 0.211. The van der Waals surface area contributed by atoms with E-state index in [0.717, 1.165) is 22.6 Å². The molecule has 7 heteroatoms. The van der Waals surface area contributed by atoms with Crippen LogP contribution in [-0.2, 0) is 0 Å². The second kappa shape index (κ2) is 6.87. The second-order valence-electron chi connectivity index (χ2n) is 5.61. The molecule has 7 nitrogen and oxygen atoms in total. The van der Waals surface area contributed by atoms with E-state index in [1.54, 1.807) is 11.8 Å². The predicted molar refractivity (Wildman–Crippen MR) is 97.1 cm³/mol. The summed E-state index contributed by atoms with van der Waals surface area (Å²) in [4.78, 5) is 0. The summed E-state index contributed by atoms with van der Waals surface area (Å²) in [5.74, 6) is 2.10. The maximum atomic E-state index is 5.73.